The van der Waals surface area contributed by atoms with Gasteiger partial charge in [-0.25, -0.2) is 4.39 Å². The lowest BCUT2D eigenvalue weighted by molar-refractivity contribution is 0.557. The SMILES string of the molecule is CC(C)CNCCC=Cc1cncc(F)c1. The monoisotopic (exact) mass is 222 g/mol. The maximum absolute atomic E-state index is 12.8. The van der Waals surface area contributed by atoms with Crippen LogP contribution in [0.25, 0.3) is 6.08 Å². The first kappa shape index (κ1) is 12.8. The predicted molar refractivity (Wildman–Crippen MR) is 65.6 cm³/mol. The van der Waals surface area contributed by atoms with Crippen molar-refractivity contribution in [3.63, 3.8) is 0 Å². The van der Waals surface area contributed by atoms with Crippen molar-refractivity contribution in [1.82, 2.24) is 10.3 Å². The molecule has 88 valence electrons. The zero-order valence-corrected chi connectivity index (χ0v) is 9.91. The van der Waals surface area contributed by atoms with Gasteiger partial charge in [0.05, 0.1) is 6.20 Å². The molecule has 16 heavy (non-hydrogen) atoms. The third-order valence-electron chi connectivity index (χ3n) is 2.08. The summed E-state index contributed by atoms with van der Waals surface area (Å²) in [7, 11) is 0. The molecule has 0 saturated heterocycles. The Morgan fingerprint density at radius 1 is 1.44 bits per heavy atom. The van der Waals surface area contributed by atoms with E-state index >= 15 is 0 Å². The molecule has 0 aliphatic rings. The fourth-order valence-electron chi connectivity index (χ4n) is 1.31. The van der Waals surface area contributed by atoms with Crippen molar-refractivity contribution < 1.29 is 4.39 Å². The Labute approximate surface area is 96.6 Å². The van der Waals surface area contributed by atoms with Crippen molar-refractivity contribution >= 4 is 6.08 Å². The topological polar surface area (TPSA) is 24.9 Å². The maximum atomic E-state index is 12.8. The Hall–Kier alpha value is -1.22. The minimum Gasteiger partial charge on any atom is -0.316 e. The molecule has 0 fully saturated rings. The predicted octanol–water partition coefficient (Wildman–Crippen LogP) is 2.87. The van der Waals surface area contributed by atoms with Gasteiger partial charge in [0.15, 0.2) is 0 Å². The van der Waals surface area contributed by atoms with Crippen LogP contribution in [0.3, 0.4) is 0 Å². The zero-order chi connectivity index (χ0) is 11.8. The van der Waals surface area contributed by atoms with Crippen LogP contribution >= 0.6 is 0 Å². The number of hydrogen-bond acceptors (Lipinski definition) is 2. The number of nitrogens with one attached hydrogen (secondary N) is 1. The fourth-order valence-corrected chi connectivity index (χ4v) is 1.31. The standard InChI is InChI=1S/C13H19FN2/c1-11(2)8-15-6-4-3-5-12-7-13(14)10-16-9-12/h3,5,7,9-11,15H,4,6,8H2,1-2H3. The van der Waals surface area contributed by atoms with Gasteiger partial charge < -0.3 is 5.32 Å². The second-order valence-electron chi connectivity index (χ2n) is 4.23. The highest BCUT2D eigenvalue weighted by Crippen LogP contribution is 2.03. The van der Waals surface area contributed by atoms with E-state index in [2.05, 4.69) is 24.1 Å². The number of aromatic nitrogens is 1. The molecular formula is C13H19FN2. The highest BCUT2D eigenvalue weighted by atomic mass is 19.1. The maximum Gasteiger partial charge on any atom is 0.142 e. The molecule has 0 aromatic carbocycles. The molecule has 1 aromatic heterocycles. The molecule has 1 rings (SSSR count). The van der Waals surface area contributed by atoms with E-state index in [-0.39, 0.29) is 5.82 Å². The number of hydrogen-bond donors (Lipinski definition) is 1. The molecule has 0 unspecified atom stereocenters. The smallest absolute Gasteiger partial charge is 0.142 e. The second-order valence-corrected chi connectivity index (χ2v) is 4.23. The van der Waals surface area contributed by atoms with Gasteiger partial charge in [0, 0.05) is 6.20 Å². The first-order chi connectivity index (χ1) is 7.68. The van der Waals surface area contributed by atoms with Crippen molar-refractivity contribution in [1.29, 1.82) is 0 Å². The molecule has 0 atom stereocenters. The molecule has 1 N–H and O–H groups in total. The summed E-state index contributed by atoms with van der Waals surface area (Å²) in [5, 5.41) is 3.34. The van der Waals surface area contributed by atoms with Crippen LogP contribution in [0.2, 0.25) is 0 Å². The van der Waals surface area contributed by atoms with E-state index in [9.17, 15) is 4.39 Å². The Bertz CT molecular complexity index is 334. The Balaban J connectivity index is 2.22. The first-order valence-electron chi connectivity index (χ1n) is 5.66. The van der Waals surface area contributed by atoms with Crippen LogP contribution in [0.4, 0.5) is 4.39 Å². The lowest BCUT2D eigenvalue weighted by Gasteiger charge is -2.04. The number of nitrogens with zero attached hydrogens (tertiary/aromatic N) is 1. The highest BCUT2D eigenvalue weighted by molar-refractivity contribution is 5.47. The fraction of sp³-hybridized carbons (Fsp3) is 0.462. The summed E-state index contributed by atoms with van der Waals surface area (Å²) in [5.41, 5.74) is 0.809. The molecule has 0 saturated carbocycles. The van der Waals surface area contributed by atoms with E-state index in [1.165, 1.54) is 12.3 Å². The van der Waals surface area contributed by atoms with Gasteiger partial charge in [-0.15, -0.1) is 0 Å². The van der Waals surface area contributed by atoms with Crippen LogP contribution in [-0.2, 0) is 0 Å². The second kappa shape index (κ2) is 7.12. The summed E-state index contributed by atoms with van der Waals surface area (Å²) in [5.74, 6) is 0.386. The van der Waals surface area contributed by atoms with Gasteiger partial charge in [0.2, 0.25) is 0 Å². The molecule has 0 aliphatic carbocycles. The van der Waals surface area contributed by atoms with Crippen molar-refractivity contribution in [2.45, 2.75) is 20.3 Å². The summed E-state index contributed by atoms with van der Waals surface area (Å²) in [4.78, 5) is 3.78. The van der Waals surface area contributed by atoms with Crippen molar-refractivity contribution in [2.24, 2.45) is 5.92 Å². The normalized spacial score (nSPS) is 11.5. The van der Waals surface area contributed by atoms with Crippen LogP contribution in [-0.4, -0.2) is 18.1 Å². The summed E-state index contributed by atoms with van der Waals surface area (Å²) in [6.45, 7) is 6.36. The zero-order valence-electron chi connectivity index (χ0n) is 9.91. The lowest BCUT2D eigenvalue weighted by atomic mass is 10.2. The van der Waals surface area contributed by atoms with E-state index in [0.29, 0.717) is 5.92 Å². The molecular weight excluding hydrogens is 203 g/mol. The van der Waals surface area contributed by atoms with Gasteiger partial charge in [-0.05, 0) is 37.1 Å². The van der Waals surface area contributed by atoms with Crippen molar-refractivity contribution in [2.75, 3.05) is 13.1 Å². The van der Waals surface area contributed by atoms with E-state index in [0.717, 1.165) is 25.1 Å². The Morgan fingerprint density at radius 3 is 2.94 bits per heavy atom. The van der Waals surface area contributed by atoms with Crippen LogP contribution in [0.5, 0.6) is 0 Å². The third-order valence-corrected chi connectivity index (χ3v) is 2.08. The molecule has 0 radical (unpaired) electrons. The van der Waals surface area contributed by atoms with E-state index in [1.54, 1.807) is 6.20 Å². The number of rotatable bonds is 6. The van der Waals surface area contributed by atoms with Gasteiger partial charge in [0.1, 0.15) is 5.82 Å². The Kier molecular flexibility index (Phi) is 5.72. The van der Waals surface area contributed by atoms with Gasteiger partial charge in [-0.3, -0.25) is 4.98 Å². The van der Waals surface area contributed by atoms with Crippen LogP contribution in [0, 0.1) is 11.7 Å². The molecule has 0 spiro atoms. The van der Waals surface area contributed by atoms with E-state index in [4.69, 9.17) is 0 Å². The lowest BCUT2D eigenvalue weighted by Crippen LogP contribution is -2.20. The van der Waals surface area contributed by atoms with Gasteiger partial charge >= 0.3 is 0 Å². The number of halogens is 1. The van der Waals surface area contributed by atoms with Crippen LogP contribution in [0.1, 0.15) is 25.8 Å². The average molecular weight is 222 g/mol. The van der Waals surface area contributed by atoms with Crippen molar-refractivity contribution in [3.8, 4) is 0 Å². The molecule has 0 aliphatic heterocycles. The van der Waals surface area contributed by atoms with Crippen LogP contribution < -0.4 is 5.32 Å². The summed E-state index contributed by atoms with van der Waals surface area (Å²) in [6.07, 6.45) is 7.74. The third kappa shape index (κ3) is 5.61. The summed E-state index contributed by atoms with van der Waals surface area (Å²) in [6, 6.07) is 1.48. The Morgan fingerprint density at radius 2 is 2.25 bits per heavy atom. The molecule has 0 amide bonds. The average Bonchev–Trinajstić information content (AvgIpc) is 2.23. The van der Waals surface area contributed by atoms with Crippen LogP contribution in [0.15, 0.2) is 24.5 Å². The van der Waals surface area contributed by atoms with E-state index < -0.39 is 0 Å². The van der Waals surface area contributed by atoms with E-state index in [1.807, 2.05) is 12.2 Å². The molecule has 0 bridgehead atoms. The minimum absolute atomic E-state index is 0.292. The summed E-state index contributed by atoms with van der Waals surface area (Å²) >= 11 is 0. The van der Waals surface area contributed by atoms with Gasteiger partial charge in [-0.1, -0.05) is 26.0 Å². The molecule has 1 aromatic rings. The summed E-state index contributed by atoms with van der Waals surface area (Å²) < 4.78 is 12.8. The van der Waals surface area contributed by atoms with Crippen molar-refractivity contribution in [3.05, 3.63) is 35.9 Å². The molecule has 3 heteroatoms. The number of pyridine rings is 1. The largest absolute Gasteiger partial charge is 0.316 e. The van der Waals surface area contributed by atoms with Gasteiger partial charge in [0.25, 0.3) is 0 Å². The quantitative estimate of drug-likeness (QED) is 0.749. The van der Waals surface area contributed by atoms with Gasteiger partial charge in [-0.2, -0.15) is 0 Å². The highest BCUT2D eigenvalue weighted by Gasteiger charge is 1.92. The molecule has 1 heterocycles. The minimum atomic E-state index is -0.292. The first-order valence-corrected chi connectivity index (χ1v) is 5.66. The molecule has 2 nitrogen and oxygen atoms in total.